The molecule has 3 N–H and O–H groups in total. The number of carbonyl (C=O) groups excluding carboxylic acids is 3. The molecule has 7 nitrogen and oxygen atoms in total. The Hall–Kier alpha value is -3.77. The van der Waals surface area contributed by atoms with E-state index in [1.54, 1.807) is 20.8 Å². The summed E-state index contributed by atoms with van der Waals surface area (Å²) in [6.07, 6.45) is -3.18. The third kappa shape index (κ3) is 7.91. The second-order valence-electron chi connectivity index (χ2n) is 12.0. The number of anilines is 1. The molecule has 242 valence electrons. The Bertz CT molecular complexity index is 1630. The summed E-state index contributed by atoms with van der Waals surface area (Å²) in [5.41, 5.74) is -2.71. The molecular weight excluding hydrogens is 621 g/mol. The first-order valence-electron chi connectivity index (χ1n) is 14.2. The summed E-state index contributed by atoms with van der Waals surface area (Å²) in [4.78, 5) is 39.4. The predicted octanol–water partition coefficient (Wildman–Crippen LogP) is 7.10. The number of rotatable bonds is 9. The molecule has 1 aromatic heterocycles. The van der Waals surface area contributed by atoms with E-state index in [1.807, 2.05) is 0 Å². The Balaban J connectivity index is 1.81. The lowest BCUT2D eigenvalue weighted by Crippen LogP contribution is -2.36. The van der Waals surface area contributed by atoms with Gasteiger partial charge in [-0.2, -0.15) is 13.2 Å². The fourth-order valence-corrected chi connectivity index (χ4v) is 6.08. The van der Waals surface area contributed by atoms with Gasteiger partial charge in [0, 0.05) is 28.2 Å². The molecule has 1 heterocycles. The van der Waals surface area contributed by atoms with Gasteiger partial charge in [0.1, 0.15) is 23.1 Å². The van der Waals surface area contributed by atoms with Gasteiger partial charge in [0.2, 0.25) is 0 Å². The predicted molar refractivity (Wildman–Crippen MR) is 158 cm³/mol. The number of halogens is 6. The van der Waals surface area contributed by atoms with Crippen LogP contribution in [0.4, 0.5) is 27.6 Å². The molecule has 0 aliphatic heterocycles. The highest BCUT2D eigenvalue weighted by molar-refractivity contribution is 6.31. The molecule has 1 aliphatic rings. The summed E-state index contributed by atoms with van der Waals surface area (Å²) in [5.74, 6) is -4.94. The Kier molecular flexibility index (Phi) is 9.79. The van der Waals surface area contributed by atoms with Gasteiger partial charge in [-0.05, 0) is 94.0 Å². The number of hydrogen-bond acceptors (Lipinski definition) is 4. The first kappa shape index (κ1) is 34.1. The molecule has 1 unspecified atom stereocenters. The molecule has 0 bridgehead atoms. The van der Waals surface area contributed by atoms with Crippen LogP contribution in [0.3, 0.4) is 0 Å². The highest BCUT2D eigenvalue weighted by atomic mass is 35.5. The van der Waals surface area contributed by atoms with Gasteiger partial charge in [0.25, 0.3) is 11.8 Å². The van der Waals surface area contributed by atoms with Crippen LogP contribution in [0.15, 0.2) is 42.5 Å². The summed E-state index contributed by atoms with van der Waals surface area (Å²) in [6, 6.07) is 5.95. The number of alkyl halides is 3. The third-order valence-electron chi connectivity index (χ3n) is 8.09. The van der Waals surface area contributed by atoms with Crippen LogP contribution in [-0.2, 0) is 17.5 Å². The number of aromatic nitrogens is 1. The first-order valence-corrected chi connectivity index (χ1v) is 14.6. The van der Waals surface area contributed by atoms with E-state index in [0.717, 1.165) is 12.1 Å². The number of amides is 2. The van der Waals surface area contributed by atoms with Crippen molar-refractivity contribution in [3.8, 4) is 0 Å². The number of nitrogens with one attached hydrogen (secondary N) is 2. The van der Waals surface area contributed by atoms with Gasteiger partial charge in [-0.15, -0.1) is 0 Å². The van der Waals surface area contributed by atoms with E-state index in [2.05, 4.69) is 10.6 Å². The maximum absolute atomic E-state index is 14.3. The average Bonchev–Trinajstić information content (AvgIpc) is 3.53. The van der Waals surface area contributed by atoms with Crippen LogP contribution < -0.4 is 10.6 Å². The molecule has 1 fully saturated rings. The summed E-state index contributed by atoms with van der Waals surface area (Å²) in [5, 5.41) is 15.9. The summed E-state index contributed by atoms with van der Waals surface area (Å²) >= 11 is 6.39. The SMILES string of the molecule is CC(=O)Cn1c(C(=O)NC2CC[C@@H](C(C)(C)O)C2)cc(NC(=O)c2cc(F)cc(C(F)(F)F)c2)c1[C@@H](C)c1cc(F)ccc1Cl. The van der Waals surface area contributed by atoms with Gasteiger partial charge in [0.15, 0.2) is 0 Å². The lowest BCUT2D eigenvalue weighted by molar-refractivity contribution is -0.137. The topological polar surface area (TPSA) is 100 Å². The van der Waals surface area contributed by atoms with Crippen LogP contribution in [0, 0.1) is 17.6 Å². The largest absolute Gasteiger partial charge is 0.416 e. The maximum atomic E-state index is 14.3. The highest BCUT2D eigenvalue weighted by Gasteiger charge is 2.36. The second kappa shape index (κ2) is 12.9. The van der Waals surface area contributed by atoms with Crippen LogP contribution in [0.25, 0.3) is 0 Å². The van der Waals surface area contributed by atoms with E-state index in [4.69, 9.17) is 11.6 Å². The van der Waals surface area contributed by atoms with Gasteiger partial charge in [-0.3, -0.25) is 14.4 Å². The number of Topliss-reactive ketones (excluding diaryl/α,β-unsaturated/α-hetero) is 1. The van der Waals surface area contributed by atoms with Gasteiger partial charge >= 0.3 is 6.18 Å². The van der Waals surface area contributed by atoms with E-state index in [9.17, 15) is 41.4 Å². The molecule has 3 aromatic rings. The van der Waals surface area contributed by atoms with Crippen molar-refractivity contribution in [3.63, 3.8) is 0 Å². The van der Waals surface area contributed by atoms with E-state index >= 15 is 0 Å². The normalized spacial score (nSPS) is 17.7. The van der Waals surface area contributed by atoms with Gasteiger partial charge in [-0.1, -0.05) is 18.5 Å². The van der Waals surface area contributed by atoms with Crippen molar-refractivity contribution in [2.75, 3.05) is 5.32 Å². The van der Waals surface area contributed by atoms with Crippen LogP contribution in [0.5, 0.6) is 0 Å². The molecule has 0 spiro atoms. The zero-order valence-corrected chi connectivity index (χ0v) is 25.7. The van der Waals surface area contributed by atoms with Crippen LogP contribution in [0.2, 0.25) is 5.02 Å². The molecular formula is C32H33ClF5N3O4. The summed E-state index contributed by atoms with van der Waals surface area (Å²) < 4.78 is 69.9. The van der Waals surface area contributed by atoms with E-state index in [0.29, 0.717) is 31.4 Å². The Morgan fingerprint density at radius 1 is 1.02 bits per heavy atom. The number of carbonyl (C=O) groups is 3. The van der Waals surface area contributed by atoms with Gasteiger partial charge < -0.3 is 20.3 Å². The molecule has 1 saturated carbocycles. The van der Waals surface area contributed by atoms with Crippen molar-refractivity contribution < 1.29 is 41.4 Å². The van der Waals surface area contributed by atoms with Crippen LogP contribution in [0.1, 0.15) is 90.5 Å². The van der Waals surface area contributed by atoms with E-state index in [1.165, 1.54) is 23.6 Å². The smallest absolute Gasteiger partial charge is 0.390 e. The molecule has 2 aromatic carbocycles. The lowest BCUT2D eigenvalue weighted by atomic mass is 9.89. The fourth-order valence-electron chi connectivity index (χ4n) is 5.80. The molecule has 1 aliphatic carbocycles. The van der Waals surface area contributed by atoms with Gasteiger partial charge in [-0.25, -0.2) is 8.78 Å². The second-order valence-corrected chi connectivity index (χ2v) is 12.4. The number of nitrogens with zero attached hydrogens (tertiary/aromatic N) is 1. The van der Waals surface area contributed by atoms with Crippen molar-refractivity contribution in [3.05, 3.63) is 87.2 Å². The number of aliphatic hydroxyl groups is 1. The number of hydrogen-bond donors (Lipinski definition) is 3. The van der Waals surface area contributed by atoms with Crippen molar-refractivity contribution in [2.45, 2.75) is 77.2 Å². The Morgan fingerprint density at radius 2 is 1.71 bits per heavy atom. The lowest BCUT2D eigenvalue weighted by Gasteiger charge is -2.25. The molecule has 3 atom stereocenters. The van der Waals surface area contributed by atoms with Crippen molar-refractivity contribution in [2.24, 2.45) is 5.92 Å². The molecule has 13 heteroatoms. The minimum atomic E-state index is -4.93. The van der Waals surface area contributed by atoms with E-state index in [-0.39, 0.29) is 58.0 Å². The minimum Gasteiger partial charge on any atom is -0.390 e. The van der Waals surface area contributed by atoms with Crippen LogP contribution in [-0.4, -0.2) is 38.9 Å². The van der Waals surface area contributed by atoms with Gasteiger partial charge in [0.05, 0.1) is 23.4 Å². The average molecular weight is 654 g/mol. The van der Waals surface area contributed by atoms with Crippen LogP contribution >= 0.6 is 11.6 Å². The van der Waals surface area contributed by atoms with Crippen molar-refractivity contribution in [1.82, 2.24) is 9.88 Å². The third-order valence-corrected chi connectivity index (χ3v) is 8.43. The van der Waals surface area contributed by atoms with Crippen molar-refractivity contribution >= 4 is 34.9 Å². The molecule has 2 amide bonds. The summed E-state index contributed by atoms with van der Waals surface area (Å²) in [6.45, 7) is 5.91. The quantitative estimate of drug-likeness (QED) is 0.215. The molecule has 0 radical (unpaired) electrons. The molecule has 0 saturated heterocycles. The molecule has 4 rings (SSSR count). The highest BCUT2D eigenvalue weighted by Crippen LogP contribution is 2.38. The monoisotopic (exact) mass is 653 g/mol. The zero-order valence-electron chi connectivity index (χ0n) is 25.0. The minimum absolute atomic E-state index is 0.0585. The standard InChI is InChI=1S/C32H33ClF5N3O4/c1-16(42)15-41-27(30(44)39-23-7-5-19(12-23)31(3,4)45)14-26(28(41)17(2)24-13-21(34)6-8-25(24)33)40-29(43)18-9-20(32(36,37)38)11-22(35)10-18/h6,8-11,13-14,17,19,23,45H,5,7,12,15H2,1-4H3,(H,39,44)(H,40,43)/t17-,19+,23?/m0/s1. The van der Waals surface area contributed by atoms with E-state index < -0.39 is 52.3 Å². The Morgan fingerprint density at radius 3 is 2.31 bits per heavy atom. The molecule has 45 heavy (non-hydrogen) atoms. The Labute approximate surface area is 261 Å². The summed E-state index contributed by atoms with van der Waals surface area (Å²) in [7, 11) is 0. The van der Waals surface area contributed by atoms with Crippen molar-refractivity contribution in [1.29, 1.82) is 0 Å². The number of benzene rings is 2. The first-order chi connectivity index (χ1) is 20.8. The maximum Gasteiger partial charge on any atom is 0.416 e. The fraction of sp³-hybridized carbons (Fsp3) is 0.406. The number of ketones is 1. The zero-order chi connectivity index (χ0) is 33.4.